The highest BCUT2D eigenvalue weighted by molar-refractivity contribution is 5.95. The first-order chi connectivity index (χ1) is 21.5. The first-order valence-electron chi connectivity index (χ1n) is 14.3. The lowest BCUT2D eigenvalue weighted by Gasteiger charge is -2.21. The van der Waals surface area contributed by atoms with Gasteiger partial charge < -0.3 is 42.6 Å². The molecule has 0 bridgehead atoms. The number of nitrogens with zero attached hydrogens (tertiary/aromatic N) is 4. The zero-order chi connectivity index (χ0) is 34.4. The van der Waals surface area contributed by atoms with E-state index >= 15 is 0 Å². The highest BCUT2D eigenvalue weighted by atomic mass is 16.5. The molecule has 0 radical (unpaired) electrons. The third-order valence-corrected chi connectivity index (χ3v) is 6.33. The summed E-state index contributed by atoms with van der Waals surface area (Å²) in [6.45, 7) is 10.3. The average molecular weight is 633 g/mol. The maximum Gasteiger partial charge on any atom is 0.359 e. The third-order valence-electron chi connectivity index (χ3n) is 6.33. The second-order valence-electron chi connectivity index (χ2n) is 11.1. The molecule has 0 amide bonds. The van der Waals surface area contributed by atoms with Gasteiger partial charge in [0.1, 0.15) is 11.2 Å². The van der Waals surface area contributed by atoms with Gasteiger partial charge in [0.15, 0.2) is 11.4 Å². The van der Waals surface area contributed by atoms with Gasteiger partial charge in [-0.05, 0) is 90.1 Å². The van der Waals surface area contributed by atoms with Crippen molar-refractivity contribution in [1.82, 2.24) is 19.9 Å². The van der Waals surface area contributed by atoms with Crippen molar-refractivity contribution in [2.75, 3.05) is 36.1 Å². The van der Waals surface area contributed by atoms with Gasteiger partial charge in [0.25, 0.3) is 0 Å². The first kappa shape index (κ1) is 35.1. The lowest BCUT2D eigenvalue weighted by atomic mass is 10.0. The summed E-state index contributed by atoms with van der Waals surface area (Å²) >= 11 is 0. The van der Waals surface area contributed by atoms with E-state index in [2.05, 4.69) is 19.9 Å². The Kier molecular flexibility index (Phi) is 10.8. The summed E-state index contributed by atoms with van der Waals surface area (Å²) < 4.78 is 9.83. The average Bonchev–Trinajstić information content (AvgIpc) is 2.97. The summed E-state index contributed by atoms with van der Waals surface area (Å²) in [5.74, 6) is -1.25. The Bertz CT molecular complexity index is 1600. The van der Waals surface area contributed by atoms with Crippen molar-refractivity contribution in [1.29, 1.82) is 0 Å². The zero-order valence-corrected chi connectivity index (χ0v) is 26.7. The van der Waals surface area contributed by atoms with Gasteiger partial charge in [0.05, 0.1) is 70.1 Å². The highest BCUT2D eigenvalue weighted by Gasteiger charge is 2.24. The van der Waals surface area contributed by atoms with Crippen LogP contribution < -0.4 is 22.9 Å². The van der Waals surface area contributed by atoms with Crippen LogP contribution in [0.15, 0.2) is 48.5 Å². The van der Waals surface area contributed by atoms with E-state index in [1.807, 2.05) is 0 Å². The van der Waals surface area contributed by atoms with Crippen molar-refractivity contribution in [2.24, 2.45) is 0 Å². The number of aromatic nitrogens is 4. The molecule has 0 unspecified atom stereocenters. The molecule has 0 atom stereocenters. The molecule has 4 aromatic rings. The van der Waals surface area contributed by atoms with Crippen molar-refractivity contribution in [3.8, 4) is 22.8 Å². The number of rotatable bonds is 8. The number of aliphatic hydroxyl groups is 2. The summed E-state index contributed by atoms with van der Waals surface area (Å²) in [6, 6.07) is 13.0. The van der Waals surface area contributed by atoms with Crippen molar-refractivity contribution >= 4 is 34.7 Å². The van der Waals surface area contributed by atoms with E-state index in [-0.39, 0.29) is 36.0 Å². The van der Waals surface area contributed by atoms with Crippen LogP contribution in [0.25, 0.3) is 22.8 Å². The standard InChI is InChI=1S/C16H18N4O4.C16H22N4O2/c1-3-23-15(21)13-9(17)5-7-11(19-13)12-8-6-10(18)14(20-12)16(22)24-4-2;1-15(2,21)13-9(17)5-7-11(19-13)12-8-6-10(18)14(20-12)16(3,4)22/h5-8H,3-4,17-18H2,1-2H3;5-8,21-22H,17-18H2,1-4H3. The van der Waals surface area contributed by atoms with Crippen molar-refractivity contribution in [2.45, 2.75) is 52.7 Å². The van der Waals surface area contributed by atoms with E-state index in [1.54, 1.807) is 77.9 Å². The lowest BCUT2D eigenvalue weighted by Crippen LogP contribution is -2.21. The summed E-state index contributed by atoms with van der Waals surface area (Å²) in [6.07, 6.45) is 0. The van der Waals surface area contributed by atoms with Gasteiger partial charge in [0, 0.05) is 0 Å². The Labute approximate surface area is 266 Å². The number of ether oxygens (including phenoxy) is 2. The molecule has 0 fully saturated rings. The van der Waals surface area contributed by atoms with Gasteiger partial charge in [-0.25, -0.2) is 29.5 Å². The molecule has 0 aliphatic carbocycles. The van der Waals surface area contributed by atoms with E-state index in [1.165, 1.54) is 12.1 Å². The Hall–Kier alpha value is -5.34. The maximum absolute atomic E-state index is 11.9. The molecule has 244 valence electrons. The quantitative estimate of drug-likeness (QED) is 0.152. The summed E-state index contributed by atoms with van der Waals surface area (Å²) in [5, 5.41) is 20.3. The van der Waals surface area contributed by atoms with Gasteiger partial charge >= 0.3 is 11.9 Å². The third kappa shape index (κ3) is 8.43. The Morgan fingerprint density at radius 1 is 0.565 bits per heavy atom. The second-order valence-corrected chi connectivity index (χ2v) is 11.1. The molecule has 0 aliphatic rings. The van der Waals surface area contributed by atoms with E-state index in [0.29, 0.717) is 45.5 Å². The van der Waals surface area contributed by atoms with Crippen LogP contribution in [0.5, 0.6) is 0 Å². The predicted octanol–water partition coefficient (Wildman–Crippen LogP) is 3.42. The van der Waals surface area contributed by atoms with Crippen molar-refractivity contribution in [3.05, 3.63) is 71.3 Å². The number of nitrogens with two attached hydrogens (primary N) is 4. The molecule has 14 nitrogen and oxygen atoms in total. The largest absolute Gasteiger partial charge is 0.461 e. The molecule has 46 heavy (non-hydrogen) atoms. The molecule has 0 aromatic carbocycles. The molecule has 4 heterocycles. The Balaban J connectivity index is 0.000000251. The number of anilines is 4. The number of hydrogen-bond acceptors (Lipinski definition) is 14. The molecule has 0 saturated carbocycles. The smallest absolute Gasteiger partial charge is 0.359 e. The van der Waals surface area contributed by atoms with Crippen LogP contribution in [0.2, 0.25) is 0 Å². The van der Waals surface area contributed by atoms with E-state index in [4.69, 9.17) is 32.4 Å². The number of hydrogen-bond donors (Lipinski definition) is 6. The minimum Gasteiger partial charge on any atom is -0.461 e. The molecule has 0 spiro atoms. The second kappa shape index (κ2) is 14.2. The number of pyridine rings is 4. The van der Waals surface area contributed by atoms with Crippen LogP contribution in [-0.4, -0.2) is 55.3 Å². The van der Waals surface area contributed by atoms with Crippen LogP contribution in [0.3, 0.4) is 0 Å². The van der Waals surface area contributed by atoms with Gasteiger partial charge in [-0.1, -0.05) is 0 Å². The topological polar surface area (TPSA) is 249 Å². The molecular weight excluding hydrogens is 592 g/mol. The SMILES string of the molecule is CC(C)(O)c1nc(-c2ccc(N)c(C(C)(C)O)n2)ccc1N.CCOC(=O)c1nc(-c2ccc(N)c(C(=O)OCC)n2)ccc1N. The van der Waals surface area contributed by atoms with Crippen molar-refractivity contribution in [3.63, 3.8) is 0 Å². The molecule has 4 aromatic heterocycles. The maximum atomic E-state index is 11.9. The van der Waals surface area contributed by atoms with Crippen molar-refractivity contribution < 1.29 is 29.3 Å². The summed E-state index contributed by atoms with van der Waals surface area (Å²) in [7, 11) is 0. The fourth-order valence-electron chi connectivity index (χ4n) is 4.16. The fraction of sp³-hybridized carbons (Fsp3) is 0.312. The molecule has 4 rings (SSSR count). The number of nitrogen functional groups attached to an aromatic ring is 4. The first-order valence-corrected chi connectivity index (χ1v) is 14.3. The van der Waals surface area contributed by atoms with Gasteiger partial charge in [-0.2, -0.15) is 0 Å². The van der Waals surface area contributed by atoms with E-state index < -0.39 is 23.1 Å². The van der Waals surface area contributed by atoms with Crippen LogP contribution in [-0.2, 0) is 20.7 Å². The van der Waals surface area contributed by atoms with Gasteiger partial charge in [-0.15, -0.1) is 0 Å². The van der Waals surface area contributed by atoms with Crippen LogP contribution in [0, 0.1) is 0 Å². The van der Waals surface area contributed by atoms with Crippen LogP contribution in [0.1, 0.15) is 73.9 Å². The molecule has 0 aliphatic heterocycles. The minimum absolute atomic E-state index is 0.00865. The van der Waals surface area contributed by atoms with Crippen LogP contribution in [0.4, 0.5) is 22.7 Å². The molecule has 10 N–H and O–H groups in total. The fourth-order valence-corrected chi connectivity index (χ4v) is 4.16. The summed E-state index contributed by atoms with van der Waals surface area (Å²) in [5.41, 5.74) is 24.7. The van der Waals surface area contributed by atoms with Gasteiger partial charge in [-0.3, -0.25) is 0 Å². The monoisotopic (exact) mass is 632 g/mol. The molecular formula is C32H40N8O6. The number of esters is 2. The van der Waals surface area contributed by atoms with E-state index in [9.17, 15) is 19.8 Å². The number of carbonyl (C=O) groups is 2. The lowest BCUT2D eigenvalue weighted by molar-refractivity contribution is 0.0511. The predicted molar refractivity (Wildman–Crippen MR) is 175 cm³/mol. The normalized spacial score (nSPS) is 11.3. The Morgan fingerprint density at radius 2 is 0.848 bits per heavy atom. The minimum atomic E-state index is -1.16. The highest BCUT2D eigenvalue weighted by Crippen LogP contribution is 2.30. The number of carbonyl (C=O) groups excluding carboxylic acids is 2. The molecule has 14 heteroatoms. The molecule has 0 saturated heterocycles. The summed E-state index contributed by atoms with van der Waals surface area (Å²) in [4.78, 5) is 40.9. The van der Waals surface area contributed by atoms with Gasteiger partial charge in [0.2, 0.25) is 0 Å². The van der Waals surface area contributed by atoms with E-state index in [0.717, 1.165) is 0 Å². The van der Waals surface area contributed by atoms with Crippen LogP contribution >= 0.6 is 0 Å². The zero-order valence-electron chi connectivity index (χ0n) is 26.7. The Morgan fingerprint density at radius 3 is 1.13 bits per heavy atom.